The summed E-state index contributed by atoms with van der Waals surface area (Å²) in [5.74, 6) is 1.74. The van der Waals surface area contributed by atoms with E-state index in [0.717, 1.165) is 43.3 Å². The number of halogens is 2. The molecular weight excluding hydrogens is 371 g/mol. The van der Waals surface area contributed by atoms with Crippen molar-refractivity contribution >= 4 is 29.2 Å². The van der Waals surface area contributed by atoms with Crippen LogP contribution < -0.4 is 10.6 Å². The molecule has 1 atom stereocenters. The molecule has 8 heteroatoms. The van der Waals surface area contributed by atoms with Gasteiger partial charge in [0.25, 0.3) is 0 Å². The Morgan fingerprint density at radius 1 is 1.31 bits per heavy atom. The van der Waals surface area contributed by atoms with Gasteiger partial charge in [-0.15, -0.1) is 10.2 Å². The standard InChI is InChI=1S/C18H26Cl2N6/c1-4-13(3)24-18(21-8-9-26-12-23-25-17(26)5-2)22-11-14-6-7-15(19)10-16(14)20/h6-7,10,12-13H,4-5,8-9,11H2,1-3H3,(H2,21,22,24). The maximum atomic E-state index is 6.24. The van der Waals surface area contributed by atoms with Gasteiger partial charge in [-0.2, -0.15) is 0 Å². The molecule has 0 amide bonds. The zero-order valence-corrected chi connectivity index (χ0v) is 17.0. The van der Waals surface area contributed by atoms with E-state index >= 15 is 0 Å². The monoisotopic (exact) mass is 396 g/mol. The Hall–Kier alpha value is -1.79. The molecular formula is C18H26Cl2N6. The van der Waals surface area contributed by atoms with Crippen molar-refractivity contribution in [3.8, 4) is 0 Å². The third kappa shape index (κ3) is 6.18. The van der Waals surface area contributed by atoms with E-state index in [-0.39, 0.29) is 0 Å². The number of aliphatic imine (C=N–C) groups is 1. The highest BCUT2D eigenvalue weighted by molar-refractivity contribution is 6.35. The second-order valence-corrected chi connectivity index (χ2v) is 6.92. The maximum absolute atomic E-state index is 6.24. The Morgan fingerprint density at radius 3 is 2.81 bits per heavy atom. The summed E-state index contributed by atoms with van der Waals surface area (Å²) in [6.07, 6.45) is 3.63. The van der Waals surface area contributed by atoms with Crippen molar-refractivity contribution in [1.82, 2.24) is 25.4 Å². The van der Waals surface area contributed by atoms with Crippen LogP contribution in [0.5, 0.6) is 0 Å². The summed E-state index contributed by atoms with van der Waals surface area (Å²) in [6.45, 7) is 8.31. The summed E-state index contributed by atoms with van der Waals surface area (Å²) in [5.41, 5.74) is 0.938. The molecule has 0 aliphatic rings. The summed E-state index contributed by atoms with van der Waals surface area (Å²) in [7, 11) is 0. The number of guanidine groups is 1. The van der Waals surface area contributed by atoms with Gasteiger partial charge >= 0.3 is 0 Å². The lowest BCUT2D eigenvalue weighted by Crippen LogP contribution is -2.43. The molecule has 0 aliphatic heterocycles. The van der Waals surface area contributed by atoms with Crippen LogP contribution in [0.25, 0.3) is 0 Å². The average Bonchev–Trinajstić information content (AvgIpc) is 3.08. The Balaban J connectivity index is 2.00. The lowest BCUT2D eigenvalue weighted by Gasteiger charge is -2.17. The fourth-order valence-corrected chi connectivity index (χ4v) is 2.80. The van der Waals surface area contributed by atoms with Crippen molar-refractivity contribution in [2.24, 2.45) is 4.99 Å². The summed E-state index contributed by atoms with van der Waals surface area (Å²) < 4.78 is 2.05. The van der Waals surface area contributed by atoms with E-state index in [1.54, 1.807) is 12.4 Å². The number of hydrogen-bond acceptors (Lipinski definition) is 3. The van der Waals surface area contributed by atoms with Crippen LogP contribution in [0.3, 0.4) is 0 Å². The molecule has 26 heavy (non-hydrogen) atoms. The van der Waals surface area contributed by atoms with Crippen molar-refractivity contribution in [2.45, 2.75) is 52.7 Å². The van der Waals surface area contributed by atoms with Crippen molar-refractivity contribution in [3.05, 3.63) is 46.0 Å². The Kier molecular flexibility index (Phi) is 8.19. The lowest BCUT2D eigenvalue weighted by atomic mass is 10.2. The second-order valence-electron chi connectivity index (χ2n) is 6.08. The Bertz CT molecular complexity index is 728. The number of aryl methyl sites for hydroxylation is 1. The summed E-state index contributed by atoms with van der Waals surface area (Å²) in [6, 6.07) is 5.79. The van der Waals surface area contributed by atoms with Gasteiger partial charge in [0.15, 0.2) is 5.96 Å². The van der Waals surface area contributed by atoms with Gasteiger partial charge in [-0.05, 0) is 31.0 Å². The highest BCUT2D eigenvalue weighted by Crippen LogP contribution is 2.21. The number of aromatic nitrogens is 3. The first kappa shape index (κ1) is 20.5. The molecule has 1 aromatic carbocycles. The third-order valence-electron chi connectivity index (χ3n) is 4.08. The van der Waals surface area contributed by atoms with Crippen molar-refractivity contribution in [1.29, 1.82) is 0 Å². The zero-order valence-electron chi connectivity index (χ0n) is 15.5. The highest BCUT2D eigenvalue weighted by atomic mass is 35.5. The SMILES string of the molecule is CCc1nncn1CCNC(=NCc1ccc(Cl)cc1Cl)NC(C)CC. The normalized spacial score (nSPS) is 12.9. The summed E-state index contributed by atoms with van der Waals surface area (Å²) >= 11 is 12.2. The maximum Gasteiger partial charge on any atom is 0.191 e. The van der Waals surface area contributed by atoms with Crippen LogP contribution in [-0.4, -0.2) is 33.3 Å². The first-order valence-corrected chi connectivity index (χ1v) is 9.64. The van der Waals surface area contributed by atoms with Crippen LogP contribution in [0.2, 0.25) is 10.0 Å². The van der Waals surface area contributed by atoms with Crippen LogP contribution in [-0.2, 0) is 19.5 Å². The van der Waals surface area contributed by atoms with E-state index in [9.17, 15) is 0 Å². The van der Waals surface area contributed by atoms with E-state index in [4.69, 9.17) is 23.2 Å². The quantitative estimate of drug-likeness (QED) is 0.527. The predicted octanol–water partition coefficient (Wildman–Crippen LogP) is 3.68. The van der Waals surface area contributed by atoms with Gasteiger partial charge in [0.05, 0.1) is 6.54 Å². The fourth-order valence-electron chi connectivity index (χ4n) is 2.34. The fraction of sp³-hybridized carbons (Fsp3) is 0.500. The van der Waals surface area contributed by atoms with Gasteiger partial charge < -0.3 is 15.2 Å². The van der Waals surface area contributed by atoms with Crippen LogP contribution >= 0.6 is 23.2 Å². The lowest BCUT2D eigenvalue weighted by molar-refractivity contribution is 0.599. The van der Waals surface area contributed by atoms with Gasteiger partial charge in [-0.25, -0.2) is 4.99 Å². The van der Waals surface area contributed by atoms with E-state index in [1.807, 2.05) is 16.7 Å². The van der Waals surface area contributed by atoms with Crippen molar-refractivity contribution < 1.29 is 0 Å². The van der Waals surface area contributed by atoms with Gasteiger partial charge in [0.1, 0.15) is 12.2 Å². The zero-order chi connectivity index (χ0) is 18.9. The van der Waals surface area contributed by atoms with Gasteiger partial charge in [0, 0.05) is 35.6 Å². The number of nitrogens with zero attached hydrogens (tertiary/aromatic N) is 4. The van der Waals surface area contributed by atoms with E-state index in [2.05, 4.69) is 46.6 Å². The van der Waals surface area contributed by atoms with E-state index in [1.165, 1.54) is 0 Å². The summed E-state index contributed by atoms with van der Waals surface area (Å²) in [4.78, 5) is 4.66. The predicted molar refractivity (Wildman–Crippen MR) is 108 cm³/mol. The summed E-state index contributed by atoms with van der Waals surface area (Å²) in [5, 5.41) is 16.1. The number of hydrogen-bond donors (Lipinski definition) is 2. The first-order valence-electron chi connectivity index (χ1n) is 8.88. The molecule has 6 nitrogen and oxygen atoms in total. The molecule has 142 valence electrons. The van der Waals surface area contributed by atoms with Gasteiger partial charge in [-0.1, -0.05) is 43.1 Å². The molecule has 2 aromatic rings. The average molecular weight is 397 g/mol. The highest BCUT2D eigenvalue weighted by Gasteiger charge is 2.06. The molecule has 0 spiro atoms. The number of nitrogens with one attached hydrogen (secondary N) is 2. The largest absolute Gasteiger partial charge is 0.355 e. The topological polar surface area (TPSA) is 67.1 Å². The second kappa shape index (κ2) is 10.4. The first-order chi connectivity index (χ1) is 12.5. The van der Waals surface area contributed by atoms with Crippen LogP contribution in [0.4, 0.5) is 0 Å². The molecule has 2 N–H and O–H groups in total. The molecule has 0 saturated carbocycles. The van der Waals surface area contributed by atoms with Crippen LogP contribution in [0.1, 0.15) is 38.6 Å². The minimum Gasteiger partial charge on any atom is -0.355 e. The van der Waals surface area contributed by atoms with Crippen LogP contribution in [0.15, 0.2) is 29.5 Å². The minimum atomic E-state index is 0.322. The van der Waals surface area contributed by atoms with Crippen molar-refractivity contribution in [3.63, 3.8) is 0 Å². The molecule has 1 unspecified atom stereocenters. The molecule has 0 aliphatic carbocycles. The molecule has 0 bridgehead atoms. The van der Waals surface area contributed by atoms with Crippen molar-refractivity contribution in [2.75, 3.05) is 6.54 Å². The van der Waals surface area contributed by atoms with E-state index in [0.29, 0.717) is 22.6 Å². The molecule has 1 heterocycles. The molecule has 0 fully saturated rings. The smallest absolute Gasteiger partial charge is 0.191 e. The molecule has 0 saturated heterocycles. The Labute approximate surface area is 165 Å². The molecule has 2 rings (SSSR count). The Morgan fingerprint density at radius 2 is 2.12 bits per heavy atom. The minimum absolute atomic E-state index is 0.322. The van der Waals surface area contributed by atoms with Gasteiger partial charge in [0.2, 0.25) is 0 Å². The number of rotatable bonds is 8. The molecule has 0 radical (unpaired) electrons. The number of benzene rings is 1. The van der Waals surface area contributed by atoms with Crippen LogP contribution in [0, 0.1) is 0 Å². The third-order valence-corrected chi connectivity index (χ3v) is 4.66. The molecule has 1 aromatic heterocycles. The van der Waals surface area contributed by atoms with E-state index < -0.39 is 0 Å². The van der Waals surface area contributed by atoms with Gasteiger partial charge in [-0.3, -0.25) is 0 Å².